The van der Waals surface area contributed by atoms with Crippen LogP contribution >= 0.6 is 11.3 Å². The number of anilines is 1. The summed E-state index contributed by atoms with van der Waals surface area (Å²) in [5.41, 5.74) is 2.45. The van der Waals surface area contributed by atoms with Gasteiger partial charge in [-0.1, -0.05) is 16.5 Å². The van der Waals surface area contributed by atoms with E-state index in [1.807, 2.05) is 0 Å². The number of ether oxygens (including phenoxy) is 1. The molecule has 2 saturated heterocycles. The number of nitrogens with zero attached hydrogens (tertiary/aromatic N) is 3. The number of thiazole rings is 1. The van der Waals surface area contributed by atoms with Crippen molar-refractivity contribution in [2.24, 2.45) is 0 Å². The predicted molar refractivity (Wildman–Crippen MR) is 138 cm³/mol. The van der Waals surface area contributed by atoms with Crippen LogP contribution in [-0.2, 0) is 11.3 Å². The molecule has 0 radical (unpaired) electrons. The Morgan fingerprint density at radius 1 is 1.11 bits per heavy atom. The van der Waals surface area contributed by atoms with Crippen molar-refractivity contribution in [2.75, 3.05) is 4.90 Å². The SMILES string of the molecule is O=C(O)c1ccc2nc(N3[C@@H]4CC[C@H]3CC(OCc3c(-c5ccc(F)cc5F)noc3C3CC3)C4)sc2c1. The largest absolute Gasteiger partial charge is 0.478 e. The van der Waals surface area contributed by atoms with Crippen LogP contribution in [0, 0.1) is 11.6 Å². The second kappa shape index (κ2) is 9.13. The highest BCUT2D eigenvalue weighted by Gasteiger charge is 2.43. The summed E-state index contributed by atoms with van der Waals surface area (Å²) in [6, 6.07) is 9.13. The average molecular weight is 538 g/mol. The number of carbonyl (C=O) groups is 1. The maximum absolute atomic E-state index is 14.6. The number of halogens is 2. The van der Waals surface area contributed by atoms with E-state index in [0.717, 1.165) is 71.3 Å². The lowest BCUT2D eigenvalue weighted by molar-refractivity contribution is 0.0147. The molecule has 1 saturated carbocycles. The molecule has 0 amide bonds. The maximum atomic E-state index is 14.6. The van der Waals surface area contributed by atoms with Crippen LogP contribution in [0.25, 0.3) is 21.5 Å². The van der Waals surface area contributed by atoms with Gasteiger partial charge in [0.1, 0.15) is 23.1 Å². The summed E-state index contributed by atoms with van der Waals surface area (Å²) >= 11 is 1.54. The smallest absolute Gasteiger partial charge is 0.335 e. The lowest BCUT2D eigenvalue weighted by atomic mass is 10.00. The molecule has 2 bridgehead atoms. The Morgan fingerprint density at radius 3 is 2.61 bits per heavy atom. The molecule has 7 nitrogen and oxygen atoms in total. The zero-order valence-corrected chi connectivity index (χ0v) is 21.2. The Labute approximate surface area is 221 Å². The van der Waals surface area contributed by atoms with Crippen molar-refractivity contribution in [3.63, 3.8) is 0 Å². The first-order chi connectivity index (χ1) is 18.4. The van der Waals surface area contributed by atoms with Gasteiger partial charge >= 0.3 is 5.97 Å². The predicted octanol–water partition coefficient (Wildman–Crippen LogP) is 6.52. The van der Waals surface area contributed by atoms with Gasteiger partial charge in [0.05, 0.1) is 28.5 Å². The van der Waals surface area contributed by atoms with Gasteiger partial charge in [-0.25, -0.2) is 18.6 Å². The summed E-state index contributed by atoms with van der Waals surface area (Å²) < 4.78 is 41.0. The molecule has 1 aliphatic carbocycles. The van der Waals surface area contributed by atoms with Gasteiger partial charge in [-0.15, -0.1) is 0 Å². The second-order valence-corrected chi connectivity index (χ2v) is 11.5. The normalized spacial score (nSPS) is 22.9. The fraction of sp³-hybridized carbons (Fsp3) is 0.393. The Balaban J connectivity index is 1.09. The molecule has 196 valence electrons. The molecule has 1 unspecified atom stereocenters. The maximum Gasteiger partial charge on any atom is 0.335 e. The zero-order valence-electron chi connectivity index (χ0n) is 20.4. The summed E-state index contributed by atoms with van der Waals surface area (Å²) in [5.74, 6) is -1.22. The molecule has 38 heavy (non-hydrogen) atoms. The van der Waals surface area contributed by atoms with Crippen LogP contribution in [0.5, 0.6) is 0 Å². The van der Waals surface area contributed by atoms with Crippen LogP contribution in [-0.4, -0.2) is 39.4 Å². The Morgan fingerprint density at radius 2 is 1.89 bits per heavy atom. The lowest BCUT2D eigenvalue weighted by Crippen LogP contribution is -2.45. The number of benzene rings is 2. The van der Waals surface area contributed by atoms with Gasteiger partial charge in [0, 0.05) is 35.2 Å². The Hall–Kier alpha value is -3.37. The van der Waals surface area contributed by atoms with Crippen molar-refractivity contribution in [1.29, 1.82) is 0 Å². The summed E-state index contributed by atoms with van der Waals surface area (Å²) in [7, 11) is 0. The van der Waals surface area contributed by atoms with Crippen LogP contribution < -0.4 is 4.90 Å². The second-order valence-electron chi connectivity index (χ2n) is 10.5. The van der Waals surface area contributed by atoms with E-state index < -0.39 is 17.6 Å². The minimum Gasteiger partial charge on any atom is -0.478 e. The van der Waals surface area contributed by atoms with Gasteiger partial charge in [-0.3, -0.25) is 0 Å². The third-order valence-electron chi connectivity index (χ3n) is 7.95. The van der Waals surface area contributed by atoms with E-state index in [9.17, 15) is 18.7 Å². The van der Waals surface area contributed by atoms with Crippen LogP contribution in [0.1, 0.15) is 66.1 Å². The molecular weight excluding hydrogens is 512 g/mol. The van der Waals surface area contributed by atoms with Crippen molar-refractivity contribution in [3.05, 3.63) is 64.9 Å². The van der Waals surface area contributed by atoms with Crippen molar-refractivity contribution in [1.82, 2.24) is 10.1 Å². The molecule has 2 aromatic carbocycles. The number of hydrogen-bond acceptors (Lipinski definition) is 7. The van der Waals surface area contributed by atoms with Gasteiger partial charge in [-0.05, 0) is 68.9 Å². The molecule has 0 spiro atoms. The number of aromatic carboxylic acids is 1. The van der Waals surface area contributed by atoms with Crippen LogP contribution in [0.4, 0.5) is 13.9 Å². The fourth-order valence-electron chi connectivity index (χ4n) is 5.95. The van der Waals surface area contributed by atoms with E-state index in [1.165, 1.54) is 23.5 Å². The van der Waals surface area contributed by atoms with Crippen molar-refractivity contribution < 1.29 is 27.9 Å². The number of fused-ring (bicyclic) bond motifs is 3. The highest BCUT2D eigenvalue weighted by atomic mass is 32.1. The molecule has 3 fully saturated rings. The average Bonchev–Trinajstić information content (AvgIpc) is 3.42. The first-order valence-electron chi connectivity index (χ1n) is 12.9. The molecule has 2 aliphatic heterocycles. The summed E-state index contributed by atoms with van der Waals surface area (Å²) in [5, 5.41) is 14.4. The van der Waals surface area contributed by atoms with Crippen LogP contribution in [0.3, 0.4) is 0 Å². The first-order valence-corrected chi connectivity index (χ1v) is 13.7. The number of rotatable bonds is 7. The third kappa shape index (κ3) is 4.16. The summed E-state index contributed by atoms with van der Waals surface area (Å²) in [6.45, 7) is 0.269. The minimum atomic E-state index is -0.942. The Bertz CT molecular complexity index is 1530. The van der Waals surface area contributed by atoms with E-state index in [4.69, 9.17) is 14.2 Å². The van der Waals surface area contributed by atoms with Gasteiger partial charge in [0.25, 0.3) is 0 Å². The fourth-order valence-corrected chi connectivity index (χ4v) is 7.10. The van der Waals surface area contributed by atoms with E-state index in [2.05, 4.69) is 10.1 Å². The standard InChI is InChI=1S/C28H25F2N3O4S/c29-16-4-7-20(22(30)10-16)25-21(26(37-32-25)14-1-2-14)13-36-19-11-17-5-6-18(12-19)33(17)28-31-23-8-3-15(27(34)35)9-24(23)38-28/h3-4,7-10,14,17-19H,1-2,5-6,11-13H2,(H,34,35)/t17-,18+,19?. The molecule has 2 aromatic heterocycles. The van der Waals surface area contributed by atoms with Crippen LogP contribution in [0.2, 0.25) is 0 Å². The quantitative estimate of drug-likeness (QED) is 0.287. The van der Waals surface area contributed by atoms with E-state index >= 15 is 0 Å². The van der Waals surface area contributed by atoms with E-state index in [1.54, 1.807) is 18.2 Å². The zero-order chi connectivity index (χ0) is 26.0. The topological polar surface area (TPSA) is 88.7 Å². The molecule has 3 aliphatic rings. The van der Waals surface area contributed by atoms with Crippen LogP contribution in [0.15, 0.2) is 40.9 Å². The molecule has 4 aromatic rings. The molecule has 1 N–H and O–H groups in total. The van der Waals surface area contributed by atoms with Gasteiger partial charge in [0.2, 0.25) is 0 Å². The highest BCUT2D eigenvalue weighted by molar-refractivity contribution is 7.22. The van der Waals surface area contributed by atoms with E-state index in [0.29, 0.717) is 5.69 Å². The monoisotopic (exact) mass is 537 g/mol. The van der Waals surface area contributed by atoms with Gasteiger partial charge in [0.15, 0.2) is 5.13 Å². The molecule has 3 atom stereocenters. The summed E-state index contributed by atoms with van der Waals surface area (Å²) in [4.78, 5) is 18.6. The number of aromatic nitrogens is 2. The minimum absolute atomic E-state index is 0.0320. The molecular formula is C28H25F2N3O4S. The molecule has 10 heteroatoms. The Kier molecular flexibility index (Phi) is 5.70. The molecule has 7 rings (SSSR count). The van der Waals surface area contributed by atoms with Crippen molar-refractivity contribution >= 4 is 32.7 Å². The van der Waals surface area contributed by atoms with Crippen molar-refractivity contribution in [3.8, 4) is 11.3 Å². The van der Waals surface area contributed by atoms with Gasteiger partial charge in [-0.2, -0.15) is 0 Å². The lowest BCUT2D eigenvalue weighted by Gasteiger charge is -2.38. The number of piperidine rings is 1. The highest BCUT2D eigenvalue weighted by Crippen LogP contribution is 2.46. The number of hydrogen-bond donors (Lipinski definition) is 1. The molecule has 4 heterocycles. The van der Waals surface area contributed by atoms with Gasteiger partial charge < -0.3 is 19.3 Å². The summed E-state index contributed by atoms with van der Waals surface area (Å²) in [6.07, 6.45) is 5.83. The number of carboxylic acid groups (broad SMARTS) is 1. The van der Waals surface area contributed by atoms with Crippen molar-refractivity contribution in [2.45, 2.75) is 69.2 Å². The van der Waals surface area contributed by atoms with E-state index in [-0.39, 0.29) is 41.8 Å². The first kappa shape index (κ1) is 23.7. The number of carboxylic acids is 1. The third-order valence-corrected chi connectivity index (χ3v) is 8.98.